The summed E-state index contributed by atoms with van der Waals surface area (Å²) in [6.07, 6.45) is 17.3. The molecule has 29 heteroatoms. The molecule has 3 aromatic heterocycles. The van der Waals surface area contributed by atoms with Gasteiger partial charge in [-0.2, -0.15) is 8.42 Å². The maximum absolute atomic E-state index is 15.2. The predicted octanol–water partition coefficient (Wildman–Crippen LogP) is 19.9. The van der Waals surface area contributed by atoms with E-state index in [0.29, 0.717) is 115 Å². The van der Waals surface area contributed by atoms with Crippen LogP contribution in [0.4, 0.5) is 22.8 Å². The predicted molar refractivity (Wildman–Crippen MR) is 469 cm³/mol. The molecule has 0 saturated heterocycles. The van der Waals surface area contributed by atoms with Crippen molar-refractivity contribution in [1.29, 1.82) is 0 Å². The summed E-state index contributed by atoms with van der Waals surface area (Å²) in [5, 5.41) is 17.5. The molecule has 0 atom stereocenters. The SMILES string of the molecule is C.CI.COc1cc2c(Oc3ccc4c(c3F)C=C(C)C4)ccnc2cc1O.COc1cc2c(Oc3ccc4c(c3F)C=C(C)C4)ccnc2cc1OCC1(N)CC1.COc1ccc(COC(=O)NC2(COS(C)(=O)=O)CC2)cc1.COc1ccc(COC(=O)NC2(COc3cc4nccc(Oc5ccc6c(c5F)C=C(C)C6)c4cc3OC)CC2)cc1. The molecule has 640 valence electrons. The number of nitrogens with zero attached hydrogens (tertiary/aromatic N) is 3. The second-order valence-electron chi connectivity index (χ2n) is 30.2. The van der Waals surface area contributed by atoms with Crippen molar-refractivity contribution in [2.45, 2.75) is 116 Å². The standard InChI is InChI=1S/C33H31FN2O6.C24H23FN2O3.C20H16FNO3.C14H19NO6S.CH3I.CH4/c1-20-14-22-6-9-28(31(34)24(22)15-20)42-27-10-13-35-26-17-30(29(39-3)16-25(26)27)41-19-33(11-12-33)36-32(37)40-18-21-4-7-23(38-2)8-5-21;1-14-9-15-3-4-20(23(25)16(15)10-14)30-19-5-8-27-18-12-22(21(28-2)11-17(18)19)29-13-24(26)6-7-24;1-11-7-12-3-4-18(20(21)13(12)8-11)25-17-5-6-22-15-10-16(23)19(24-2)9-14(15)17;1-19-12-5-3-11(4-6-12)9-20-13(16)15-14(7-8-14)10-21-22(2,17)18;1-2;/h4-10,13,15-17H,11-12,14,18-19H2,1-3H3,(H,36,37);3-5,8,10-12H,6-7,9,13,26H2,1-2H3;3-6,8-10,23H,7H2,1-2H3;3-6H,7-10H2,1-2H3,(H,15,16);1H3;1H4. The van der Waals surface area contributed by atoms with Crippen LogP contribution in [-0.4, -0.2) is 124 Å². The second kappa shape index (κ2) is 38.8. The maximum Gasteiger partial charge on any atom is 0.408 e. The number of aromatic hydroxyl groups is 1. The lowest BCUT2D eigenvalue weighted by Crippen LogP contribution is -2.41. The van der Waals surface area contributed by atoms with Crippen LogP contribution in [-0.2, 0) is 56.3 Å². The second-order valence-corrected chi connectivity index (χ2v) is 31.9. The number of alkyl halides is 1. The summed E-state index contributed by atoms with van der Waals surface area (Å²) < 4.78 is 139. The van der Waals surface area contributed by atoms with E-state index < -0.39 is 33.4 Å². The number of aromatic nitrogens is 3. The number of carbonyl (C=O) groups is 2. The number of halogens is 4. The third-order valence-corrected chi connectivity index (χ3v) is 21.4. The topological polar surface area (TPSA) is 297 Å². The largest absolute Gasteiger partial charge is 0.504 e. The fourth-order valence-electron chi connectivity index (χ4n) is 13.6. The maximum atomic E-state index is 15.2. The van der Waals surface area contributed by atoms with Crippen LogP contribution in [0.1, 0.15) is 111 Å². The first-order chi connectivity index (χ1) is 58.2. The van der Waals surface area contributed by atoms with Crippen LogP contribution in [0, 0.1) is 17.5 Å². The molecule has 0 unspecified atom stereocenters. The minimum atomic E-state index is -3.52. The van der Waals surface area contributed by atoms with Gasteiger partial charge in [0.25, 0.3) is 10.1 Å². The molecule has 122 heavy (non-hydrogen) atoms. The molecule has 5 N–H and O–H groups in total. The van der Waals surface area contributed by atoms with Crippen molar-refractivity contribution in [2.24, 2.45) is 5.73 Å². The lowest BCUT2D eigenvalue weighted by Gasteiger charge is -2.20. The Morgan fingerprint density at radius 1 is 0.451 bits per heavy atom. The zero-order valence-electron chi connectivity index (χ0n) is 68.4. The van der Waals surface area contributed by atoms with E-state index in [1.807, 2.05) is 86.4 Å². The van der Waals surface area contributed by atoms with Crippen molar-refractivity contribution in [3.05, 3.63) is 237 Å². The first-order valence-electron chi connectivity index (χ1n) is 38.7. The van der Waals surface area contributed by atoms with Crippen LogP contribution in [0.5, 0.6) is 80.5 Å². The summed E-state index contributed by atoms with van der Waals surface area (Å²) in [4.78, 5) is 39.3. The van der Waals surface area contributed by atoms with Crippen molar-refractivity contribution in [1.82, 2.24) is 25.6 Å². The molecule has 0 spiro atoms. The number of carbonyl (C=O) groups excluding carboxylic acids is 2. The lowest BCUT2D eigenvalue weighted by molar-refractivity contribution is 0.128. The molecule has 3 fully saturated rings. The van der Waals surface area contributed by atoms with Crippen molar-refractivity contribution >= 4 is 95.8 Å². The number of amides is 2. The Morgan fingerprint density at radius 2 is 0.803 bits per heavy atom. The van der Waals surface area contributed by atoms with Crippen molar-refractivity contribution in [2.75, 3.05) is 66.6 Å². The Hall–Kier alpha value is -12.1. The number of phenols is 1. The van der Waals surface area contributed by atoms with E-state index in [1.165, 1.54) is 13.2 Å². The fraction of sp³-hybridized carbons (Fsp3) is 0.301. The molecule has 0 bridgehead atoms. The number of methoxy groups -OCH3 is 5. The zero-order valence-corrected chi connectivity index (χ0v) is 71.3. The minimum absolute atomic E-state index is 0. The number of rotatable bonds is 26. The molecule has 0 aliphatic heterocycles. The number of benzene rings is 8. The number of nitrogens with one attached hydrogen (secondary N) is 2. The van der Waals surface area contributed by atoms with E-state index in [-0.39, 0.29) is 79.8 Å². The lowest BCUT2D eigenvalue weighted by atomic mass is 10.1. The van der Waals surface area contributed by atoms with Crippen molar-refractivity contribution in [3.8, 4) is 80.5 Å². The number of pyridine rings is 3. The summed E-state index contributed by atoms with van der Waals surface area (Å²) >= 11 is 2.15. The number of alkyl carbamates (subject to hydrolysis) is 2. The van der Waals surface area contributed by atoms with Crippen LogP contribution in [0.2, 0.25) is 0 Å². The van der Waals surface area contributed by atoms with Gasteiger partial charge in [-0.3, -0.25) is 19.1 Å². The van der Waals surface area contributed by atoms with Gasteiger partial charge in [0.05, 0.1) is 81.6 Å². The third kappa shape index (κ3) is 22.0. The molecule has 0 radical (unpaired) electrons. The smallest absolute Gasteiger partial charge is 0.408 e. The highest BCUT2D eigenvalue weighted by molar-refractivity contribution is 14.1. The molecule has 6 aliphatic rings. The molecule has 2 amide bonds. The number of hydrogen-bond acceptors (Lipinski definition) is 22. The summed E-state index contributed by atoms with van der Waals surface area (Å²) in [6.45, 7) is 6.83. The van der Waals surface area contributed by atoms with E-state index in [1.54, 1.807) is 138 Å². The number of phenolic OH excluding ortho intramolecular Hbond substituents is 1. The van der Waals surface area contributed by atoms with Gasteiger partial charge < -0.3 is 78.3 Å². The van der Waals surface area contributed by atoms with Gasteiger partial charge in [0.15, 0.2) is 69.2 Å². The Balaban J connectivity index is 0.000000152. The summed E-state index contributed by atoms with van der Waals surface area (Å²) in [7, 11) is 4.24. The molecule has 24 nitrogen and oxygen atoms in total. The highest BCUT2D eigenvalue weighted by Crippen LogP contribution is 2.46. The molecule has 6 aliphatic carbocycles. The van der Waals surface area contributed by atoms with Gasteiger partial charge in [0, 0.05) is 69.6 Å². The first-order valence-corrected chi connectivity index (χ1v) is 42.7. The van der Waals surface area contributed by atoms with Crippen LogP contribution >= 0.6 is 22.6 Å². The third-order valence-electron chi connectivity index (χ3n) is 20.9. The van der Waals surface area contributed by atoms with Crippen LogP contribution in [0.3, 0.4) is 0 Å². The van der Waals surface area contributed by atoms with Crippen molar-refractivity contribution < 1.29 is 97.3 Å². The average molecular weight is 1800 g/mol. The van der Waals surface area contributed by atoms with E-state index in [2.05, 4.69) is 48.2 Å². The first kappa shape index (κ1) is 89.2. The molecule has 8 aromatic carbocycles. The van der Waals surface area contributed by atoms with Gasteiger partial charge in [0.1, 0.15) is 55.2 Å². The number of ether oxygens (including phenoxy) is 12. The molecule has 17 rings (SSSR count). The van der Waals surface area contributed by atoms with Gasteiger partial charge in [0.2, 0.25) is 0 Å². The zero-order chi connectivity index (χ0) is 85.9. The van der Waals surface area contributed by atoms with Crippen LogP contribution in [0.25, 0.3) is 50.9 Å². The average Bonchev–Trinajstić information content (AvgIpc) is 1.25. The van der Waals surface area contributed by atoms with E-state index in [4.69, 9.17) is 66.8 Å². The number of fused-ring (bicyclic) bond motifs is 6. The fourth-order valence-corrected chi connectivity index (χ4v) is 14.1. The van der Waals surface area contributed by atoms with E-state index in [0.717, 1.165) is 107 Å². The molecule has 11 aromatic rings. The Kier molecular flexibility index (Phi) is 28.3. The normalized spacial score (nSPS) is 14.5. The number of nitrogens with two attached hydrogens (primary N) is 1. The van der Waals surface area contributed by atoms with E-state index >= 15 is 8.78 Å². The number of allylic oxidation sites excluding steroid dienone is 3. The highest BCUT2D eigenvalue weighted by atomic mass is 127. The van der Waals surface area contributed by atoms with Gasteiger partial charge in [-0.1, -0.05) is 107 Å². The van der Waals surface area contributed by atoms with Gasteiger partial charge >= 0.3 is 12.2 Å². The Bertz CT molecular complexity index is 5920. The minimum Gasteiger partial charge on any atom is -0.504 e. The number of hydrogen-bond donors (Lipinski definition) is 4. The molecule has 3 heterocycles. The Morgan fingerprint density at radius 3 is 1.15 bits per heavy atom. The van der Waals surface area contributed by atoms with Crippen molar-refractivity contribution in [3.63, 3.8) is 0 Å². The monoisotopic (exact) mass is 1800 g/mol. The Labute approximate surface area is 719 Å². The van der Waals surface area contributed by atoms with Gasteiger partial charge in [-0.25, -0.2) is 22.8 Å². The highest BCUT2D eigenvalue weighted by Gasteiger charge is 2.47. The van der Waals surface area contributed by atoms with Crippen LogP contribution < -0.4 is 63.7 Å². The summed E-state index contributed by atoms with van der Waals surface area (Å²) in [6, 6.07) is 40.5. The molecular formula is C93H96F3IN6O18S. The quantitative estimate of drug-likeness (QED) is 0.0222. The van der Waals surface area contributed by atoms with E-state index in [9.17, 15) is 27.5 Å². The molecular weight excluding hydrogens is 1710 g/mol. The van der Waals surface area contributed by atoms with Gasteiger partial charge in [-0.15, -0.1) is 0 Å². The molecule has 3 saturated carbocycles. The summed E-state index contributed by atoms with van der Waals surface area (Å²) in [5.41, 5.74) is 16.3. The van der Waals surface area contributed by atoms with Gasteiger partial charge in [-0.05, 0) is 190 Å². The summed E-state index contributed by atoms with van der Waals surface area (Å²) in [5.74, 6) is 4.60. The van der Waals surface area contributed by atoms with Crippen LogP contribution in [0.15, 0.2) is 175 Å².